The summed E-state index contributed by atoms with van der Waals surface area (Å²) < 4.78 is 0. The minimum absolute atomic E-state index is 0.132. The minimum atomic E-state index is -0.944. The largest absolute Gasteiger partial charge is 0.478 e. The summed E-state index contributed by atoms with van der Waals surface area (Å²) in [4.78, 5) is 25.9. The number of hydrogen-bond acceptors (Lipinski definition) is 3. The molecule has 1 aliphatic heterocycles. The number of Topliss-reactive ketones (excluding diaryl/α,β-unsaturated/α-hetero) is 1. The third-order valence-corrected chi connectivity index (χ3v) is 5.57. The lowest BCUT2D eigenvalue weighted by molar-refractivity contribution is -0.130. The molecule has 0 saturated heterocycles. The zero-order chi connectivity index (χ0) is 15.3. The van der Waals surface area contributed by atoms with Crippen LogP contribution in [0.2, 0.25) is 0 Å². The van der Waals surface area contributed by atoms with Gasteiger partial charge >= 0.3 is 5.97 Å². The molecular weight excluding hydrogens is 296 g/mol. The van der Waals surface area contributed by atoms with E-state index in [2.05, 4.69) is 12.2 Å². The van der Waals surface area contributed by atoms with E-state index in [1.165, 1.54) is 0 Å². The van der Waals surface area contributed by atoms with Crippen molar-refractivity contribution < 1.29 is 14.7 Å². The summed E-state index contributed by atoms with van der Waals surface area (Å²) in [5.74, 6) is -0.812. The number of allylic oxidation sites excluding steroid dienone is 4. The quantitative estimate of drug-likeness (QED) is 0.852. The van der Waals surface area contributed by atoms with E-state index in [0.717, 1.165) is 45.8 Å². The fourth-order valence-corrected chi connectivity index (χ4v) is 4.57. The lowest BCUT2D eigenvalue weighted by Gasteiger charge is -2.14. The Balaban J connectivity index is 2.00. The second-order valence-corrected chi connectivity index (χ2v) is 6.72. The van der Waals surface area contributed by atoms with Crippen molar-refractivity contribution in [1.29, 1.82) is 0 Å². The zero-order valence-electron chi connectivity index (χ0n) is 11.9. The number of ketones is 1. The fourth-order valence-electron chi connectivity index (χ4n) is 3.25. The summed E-state index contributed by atoms with van der Waals surface area (Å²) >= 11 is 1.55. The fraction of sp³-hybridized carbons (Fsp3) is 0.222. The molecule has 1 N–H and O–H groups in total. The molecule has 110 valence electrons. The van der Waals surface area contributed by atoms with Crippen LogP contribution >= 0.6 is 11.8 Å². The molecule has 1 heterocycles. The molecule has 1 aromatic rings. The molecule has 0 radical (unpaired) electrons. The average Bonchev–Trinajstić information content (AvgIpc) is 2.79. The molecule has 0 saturated carbocycles. The van der Waals surface area contributed by atoms with Gasteiger partial charge in [-0.05, 0) is 36.5 Å². The normalized spacial score (nSPS) is 19.3. The van der Waals surface area contributed by atoms with E-state index in [4.69, 9.17) is 0 Å². The van der Waals surface area contributed by atoms with Crippen LogP contribution < -0.4 is 0 Å². The van der Waals surface area contributed by atoms with Gasteiger partial charge in [-0.25, -0.2) is 4.79 Å². The Morgan fingerprint density at radius 2 is 1.95 bits per heavy atom. The van der Waals surface area contributed by atoms with Crippen molar-refractivity contribution in [1.82, 2.24) is 0 Å². The van der Waals surface area contributed by atoms with Crippen molar-refractivity contribution in [2.24, 2.45) is 0 Å². The summed E-state index contributed by atoms with van der Waals surface area (Å²) in [5.41, 5.74) is 3.69. The Morgan fingerprint density at radius 1 is 1.14 bits per heavy atom. The van der Waals surface area contributed by atoms with Crippen LogP contribution in [0.15, 0.2) is 45.7 Å². The highest BCUT2D eigenvalue weighted by Crippen LogP contribution is 2.46. The van der Waals surface area contributed by atoms with Gasteiger partial charge in [-0.3, -0.25) is 4.79 Å². The van der Waals surface area contributed by atoms with E-state index in [0.29, 0.717) is 12.0 Å². The van der Waals surface area contributed by atoms with Gasteiger partial charge in [0.15, 0.2) is 5.78 Å². The zero-order valence-corrected chi connectivity index (χ0v) is 12.7. The average molecular weight is 310 g/mol. The molecule has 22 heavy (non-hydrogen) atoms. The molecule has 0 unspecified atom stereocenters. The van der Waals surface area contributed by atoms with Crippen LogP contribution in [0.25, 0.3) is 5.57 Å². The van der Waals surface area contributed by atoms with Gasteiger partial charge in [0.25, 0.3) is 0 Å². The van der Waals surface area contributed by atoms with Gasteiger partial charge in [-0.1, -0.05) is 36.0 Å². The van der Waals surface area contributed by atoms with E-state index >= 15 is 0 Å². The summed E-state index contributed by atoms with van der Waals surface area (Å²) in [6.45, 7) is 0. The molecule has 1 aromatic carbocycles. The van der Waals surface area contributed by atoms with Crippen molar-refractivity contribution in [2.45, 2.75) is 30.6 Å². The number of rotatable bonds is 1. The second kappa shape index (κ2) is 4.99. The number of carboxylic acid groups (broad SMARTS) is 1. The summed E-state index contributed by atoms with van der Waals surface area (Å²) in [6.07, 6.45) is 9.15. The summed E-state index contributed by atoms with van der Waals surface area (Å²) in [6, 6.07) is 3.77. The first kappa shape index (κ1) is 13.6. The van der Waals surface area contributed by atoms with Gasteiger partial charge in [0.1, 0.15) is 0 Å². The molecule has 0 aromatic heterocycles. The Bertz CT molecular complexity index is 812. The van der Waals surface area contributed by atoms with Crippen molar-refractivity contribution in [3.63, 3.8) is 0 Å². The number of benzene rings is 1. The number of fused-ring (bicyclic) bond motifs is 4. The lowest BCUT2D eigenvalue weighted by atomic mass is 9.97. The number of hydrogen-bond donors (Lipinski definition) is 1. The SMILES string of the molecule is O=C(O)C1=CC2=CCCC=C2Sc2c1ccc1c2C(=O)CC1. The topological polar surface area (TPSA) is 54.4 Å². The molecule has 3 nitrogen and oxygen atoms in total. The number of aryl methyl sites for hydroxylation is 1. The first-order chi connectivity index (χ1) is 10.6. The van der Waals surface area contributed by atoms with E-state index in [1.807, 2.05) is 12.1 Å². The summed E-state index contributed by atoms with van der Waals surface area (Å²) in [5, 5.41) is 9.61. The number of thioether (sulfide) groups is 1. The Kier molecular flexibility index (Phi) is 3.08. The summed E-state index contributed by atoms with van der Waals surface area (Å²) in [7, 11) is 0. The third-order valence-electron chi connectivity index (χ3n) is 4.32. The van der Waals surface area contributed by atoms with Crippen molar-refractivity contribution >= 4 is 29.1 Å². The van der Waals surface area contributed by atoms with Crippen LogP contribution in [0, 0.1) is 0 Å². The number of carbonyl (C=O) groups excluding carboxylic acids is 1. The van der Waals surface area contributed by atoms with E-state index in [9.17, 15) is 14.7 Å². The first-order valence-corrected chi connectivity index (χ1v) is 8.20. The monoisotopic (exact) mass is 310 g/mol. The van der Waals surface area contributed by atoms with Crippen molar-refractivity contribution in [3.05, 3.63) is 57.5 Å². The van der Waals surface area contributed by atoms with E-state index in [1.54, 1.807) is 17.8 Å². The van der Waals surface area contributed by atoms with Crippen LogP contribution in [-0.4, -0.2) is 16.9 Å². The standard InChI is InChI=1S/C18H14O3S/c19-14-8-6-10-5-7-12-13(18(20)21)9-11-3-1-2-4-15(11)22-17(12)16(10)14/h3-5,7,9H,1-2,6,8H2,(H,20,21). The Hall–Kier alpha value is -2.07. The predicted octanol–water partition coefficient (Wildman–Crippen LogP) is 3.99. The number of carbonyl (C=O) groups is 2. The smallest absolute Gasteiger partial charge is 0.336 e. The molecule has 4 rings (SSSR count). The maximum atomic E-state index is 12.3. The molecule has 4 heteroatoms. The predicted molar refractivity (Wildman–Crippen MR) is 86.0 cm³/mol. The Labute approximate surface area is 132 Å². The van der Waals surface area contributed by atoms with Crippen LogP contribution in [0.5, 0.6) is 0 Å². The Morgan fingerprint density at radius 3 is 2.77 bits per heavy atom. The highest BCUT2D eigenvalue weighted by Gasteiger charge is 2.30. The molecular formula is C18H14O3S. The molecule has 0 fully saturated rings. The molecule has 0 atom stereocenters. The number of aliphatic carboxylic acids is 1. The van der Waals surface area contributed by atoms with Crippen LogP contribution in [0.1, 0.15) is 40.7 Å². The van der Waals surface area contributed by atoms with Gasteiger partial charge in [0.2, 0.25) is 0 Å². The first-order valence-electron chi connectivity index (χ1n) is 7.38. The van der Waals surface area contributed by atoms with Crippen molar-refractivity contribution in [3.8, 4) is 0 Å². The van der Waals surface area contributed by atoms with Gasteiger partial charge < -0.3 is 5.11 Å². The van der Waals surface area contributed by atoms with Gasteiger partial charge in [-0.15, -0.1) is 0 Å². The van der Waals surface area contributed by atoms with E-state index in [-0.39, 0.29) is 11.4 Å². The lowest BCUT2D eigenvalue weighted by Crippen LogP contribution is -2.04. The van der Waals surface area contributed by atoms with Gasteiger partial charge in [-0.2, -0.15) is 0 Å². The highest BCUT2D eigenvalue weighted by atomic mass is 32.2. The van der Waals surface area contributed by atoms with Gasteiger partial charge in [0, 0.05) is 27.3 Å². The maximum Gasteiger partial charge on any atom is 0.336 e. The molecule has 2 aliphatic carbocycles. The second-order valence-electron chi connectivity index (χ2n) is 5.67. The maximum absolute atomic E-state index is 12.3. The molecule has 0 amide bonds. The van der Waals surface area contributed by atoms with Crippen LogP contribution in [-0.2, 0) is 11.2 Å². The molecule has 0 spiro atoms. The van der Waals surface area contributed by atoms with Crippen LogP contribution in [0.3, 0.4) is 0 Å². The van der Waals surface area contributed by atoms with Gasteiger partial charge in [0.05, 0.1) is 5.57 Å². The third kappa shape index (κ3) is 1.98. The van der Waals surface area contributed by atoms with Crippen LogP contribution in [0.4, 0.5) is 0 Å². The molecule has 0 bridgehead atoms. The number of carboxylic acids is 1. The van der Waals surface area contributed by atoms with E-state index < -0.39 is 5.97 Å². The minimum Gasteiger partial charge on any atom is -0.478 e. The van der Waals surface area contributed by atoms with Crippen molar-refractivity contribution in [2.75, 3.05) is 0 Å². The molecule has 3 aliphatic rings. The highest BCUT2D eigenvalue weighted by molar-refractivity contribution is 8.03.